The van der Waals surface area contributed by atoms with E-state index in [1.807, 2.05) is 123 Å². The summed E-state index contributed by atoms with van der Waals surface area (Å²) in [6.07, 6.45) is 38.2. The molecule has 28 aromatic rings. The highest BCUT2D eigenvalue weighted by Crippen LogP contribution is 2.56. The molecule has 0 radical (unpaired) electrons. The summed E-state index contributed by atoms with van der Waals surface area (Å²) in [5.74, 6) is 0. The molecule has 0 atom stereocenters. The first-order chi connectivity index (χ1) is 69.4. The number of pyridine rings is 12. The second kappa shape index (κ2) is 27.7. The highest BCUT2D eigenvalue weighted by Gasteiger charge is 2.36. The van der Waals surface area contributed by atoms with Crippen molar-refractivity contribution in [2.24, 2.45) is 0 Å². The van der Waals surface area contributed by atoms with Crippen molar-refractivity contribution in [3.05, 3.63) is 431 Å². The molecule has 0 aliphatic heterocycles. The van der Waals surface area contributed by atoms with Crippen molar-refractivity contribution in [2.75, 3.05) is 0 Å². The molecule has 140 heavy (non-hydrogen) atoms. The standard InChI is InChI=1S/4C31H18N4/c1-2-4-21-17(3-1)9-18-10-19-11-20-12-25-26(14-24(20)23(19)13-22(18)21)31-34-28-16-33-8-6-30(28)35(31)29-5-7-32-15-27(25)29;1-2-4-20-17(3-1)12-24-21(20)6-5-18-11-19-13-23-25(14-22(19)30(18)24)31-34-27-16-33-10-8-29(27)35(31)28-7-9-32-15-26(23)28;1-2-4-19-17(3-1)11-23-20(19)5-6-21-22-14-26-25(13-18(22)12-24(21)23)27-15-32-9-7-29(27)35-30-8-10-33-16-28(30)34-31(26)35;1-2-4-21-17(3-1)11-18-5-6-19-12-20-13-23-24(14-22(20)30(19)29(18)21)31-34-26-16-33-10-8-28(26)35(31)27-7-9-32-15-25(23)27/h1-8,10,12-16H,9,11H2;3*1-10,13-16H,11-12H2. The Labute approximate surface area is 796 Å². The second-order valence-corrected chi connectivity index (χ2v) is 38.9. The van der Waals surface area contributed by atoms with Crippen LogP contribution in [0.4, 0.5) is 0 Å². The molecule has 16 aromatic heterocycles. The van der Waals surface area contributed by atoms with Gasteiger partial charge in [0.2, 0.25) is 0 Å². The topological polar surface area (TPSA) is 172 Å². The molecule has 16 heteroatoms. The summed E-state index contributed by atoms with van der Waals surface area (Å²) in [5, 5.41) is 14.1. The van der Waals surface area contributed by atoms with Crippen LogP contribution >= 0.6 is 0 Å². The maximum atomic E-state index is 5.06. The van der Waals surface area contributed by atoms with Crippen LogP contribution in [0, 0.1) is 0 Å². The molecule has 0 saturated heterocycles. The monoisotopic (exact) mass is 1780 g/mol. The number of aromatic nitrogens is 16. The van der Waals surface area contributed by atoms with Gasteiger partial charge in [-0.15, -0.1) is 0 Å². The molecule has 0 bridgehead atoms. The van der Waals surface area contributed by atoms with Gasteiger partial charge in [0.05, 0.1) is 68.9 Å². The van der Waals surface area contributed by atoms with Gasteiger partial charge in [0, 0.05) is 117 Å². The van der Waals surface area contributed by atoms with E-state index in [1.54, 1.807) is 0 Å². The minimum absolute atomic E-state index is 0.911. The highest BCUT2D eigenvalue weighted by atomic mass is 15.1. The summed E-state index contributed by atoms with van der Waals surface area (Å²) in [7, 11) is 0. The maximum absolute atomic E-state index is 5.06. The van der Waals surface area contributed by atoms with Gasteiger partial charge in [0.25, 0.3) is 0 Å². The molecular formula is C124H72N16. The van der Waals surface area contributed by atoms with Gasteiger partial charge >= 0.3 is 0 Å². The number of hydrogen-bond donors (Lipinski definition) is 0. The average Bonchev–Trinajstić information content (AvgIpc) is 1.55. The summed E-state index contributed by atoms with van der Waals surface area (Å²) in [6.45, 7) is 0. The van der Waals surface area contributed by atoms with Crippen molar-refractivity contribution in [3.63, 3.8) is 0 Å². The maximum Gasteiger partial charge on any atom is 0.146 e. The number of hydrogen-bond acceptors (Lipinski definition) is 12. The molecule has 0 fully saturated rings. The fraction of sp³-hybridized carbons (Fsp3) is 0.0645. The normalized spacial score (nSPS) is 13.5. The summed E-state index contributed by atoms with van der Waals surface area (Å²) >= 11 is 0. The molecule has 648 valence electrons. The van der Waals surface area contributed by atoms with E-state index in [1.165, 1.54) is 205 Å². The number of benzene rings is 12. The van der Waals surface area contributed by atoms with E-state index in [9.17, 15) is 0 Å². The molecule has 8 aliphatic rings. The van der Waals surface area contributed by atoms with Gasteiger partial charge in [-0.25, -0.2) is 19.9 Å². The van der Waals surface area contributed by atoms with Crippen molar-refractivity contribution < 1.29 is 0 Å². The van der Waals surface area contributed by atoms with Crippen LogP contribution in [-0.2, 0) is 51.4 Å². The molecule has 0 N–H and O–H groups in total. The molecular weight excluding hydrogens is 1710 g/mol. The van der Waals surface area contributed by atoms with Gasteiger partial charge < -0.3 is 0 Å². The fourth-order valence-electron chi connectivity index (χ4n) is 26.0. The lowest BCUT2D eigenvalue weighted by atomic mass is 9.92. The Morgan fingerprint density at radius 2 is 0.421 bits per heavy atom. The Bertz CT molecular complexity index is 10700. The first-order valence-corrected chi connectivity index (χ1v) is 48.1. The molecule has 0 saturated carbocycles. The molecule has 16 heterocycles. The summed E-state index contributed by atoms with van der Waals surface area (Å²) in [6, 6.07) is 89.9. The lowest BCUT2D eigenvalue weighted by molar-refractivity contribution is 1.16. The molecule has 16 nitrogen and oxygen atoms in total. The SMILES string of the molecule is c1ccc2c(c1)Cc1c-2ccc2c1-c1cc3c(cc1C2)c1cnccc1n1c2ccncc2nc31.c1ccc2c(c1)Cc1c-2ccc2c1Cc1cc3c4cnccc4n4c5ccncc5nc4c3cc1-2.c1ccc2c(c1)Cc1cc3c(cc1-2)-c1cc2c(cc1C3)c1cnccc1n1c3ccncc3nc21.c1ccc2c(c1)Cc1ccc3c(c1-2)-c1cc2c(cc1C3)c1cnccc1n1c3ccncc3nc21. The smallest absolute Gasteiger partial charge is 0.146 e. The molecule has 36 rings (SSSR count). The van der Waals surface area contributed by atoms with Gasteiger partial charge in [0.1, 0.15) is 44.7 Å². The Kier molecular flexibility index (Phi) is 14.9. The quantitative estimate of drug-likeness (QED) is 0.132. The van der Waals surface area contributed by atoms with E-state index in [2.05, 4.69) is 276 Å². The van der Waals surface area contributed by atoms with Crippen molar-refractivity contribution >= 4 is 153 Å². The number of imidazole rings is 4. The van der Waals surface area contributed by atoms with E-state index < -0.39 is 0 Å². The first-order valence-electron chi connectivity index (χ1n) is 48.1. The summed E-state index contributed by atoms with van der Waals surface area (Å²) in [4.78, 5) is 55.5. The lowest BCUT2D eigenvalue weighted by Gasteiger charge is -2.13. The van der Waals surface area contributed by atoms with Gasteiger partial charge in [-0.1, -0.05) is 140 Å². The minimum atomic E-state index is 0.911. The number of fused-ring (bicyclic) bond motifs is 59. The van der Waals surface area contributed by atoms with E-state index in [4.69, 9.17) is 19.9 Å². The first kappa shape index (κ1) is 75.1. The predicted molar refractivity (Wildman–Crippen MR) is 559 cm³/mol. The fourth-order valence-corrected chi connectivity index (χ4v) is 26.0. The van der Waals surface area contributed by atoms with Crippen LogP contribution in [0.15, 0.2) is 342 Å². The van der Waals surface area contributed by atoms with Crippen LogP contribution in [0.25, 0.3) is 242 Å². The average molecular weight is 1790 g/mol. The van der Waals surface area contributed by atoms with Crippen LogP contribution in [0.2, 0.25) is 0 Å². The van der Waals surface area contributed by atoms with Gasteiger partial charge in [-0.05, 0) is 354 Å². The largest absolute Gasteiger partial charge is 0.291 e. The second-order valence-electron chi connectivity index (χ2n) is 38.9. The van der Waals surface area contributed by atoms with E-state index in [-0.39, 0.29) is 0 Å². The zero-order valence-corrected chi connectivity index (χ0v) is 75.1. The van der Waals surface area contributed by atoms with E-state index >= 15 is 0 Å². The zero-order chi connectivity index (χ0) is 90.7. The Morgan fingerprint density at radius 1 is 0.157 bits per heavy atom. The number of rotatable bonds is 0. The molecule has 0 unspecified atom stereocenters. The molecule has 0 spiro atoms. The predicted octanol–water partition coefficient (Wildman–Crippen LogP) is 26.9. The van der Waals surface area contributed by atoms with Gasteiger partial charge in [-0.2, -0.15) is 0 Å². The van der Waals surface area contributed by atoms with Crippen LogP contribution in [-0.4, -0.2) is 77.4 Å². The third kappa shape index (κ3) is 10.3. The molecule has 8 aliphatic carbocycles. The molecule has 12 aromatic carbocycles. The summed E-state index contributed by atoms with van der Waals surface area (Å²) in [5.41, 5.74) is 61.3. The number of nitrogens with zero attached hydrogens (tertiary/aromatic N) is 16. The van der Waals surface area contributed by atoms with Crippen molar-refractivity contribution in [1.82, 2.24) is 77.4 Å². The van der Waals surface area contributed by atoms with Crippen LogP contribution < -0.4 is 0 Å². The van der Waals surface area contributed by atoms with Crippen molar-refractivity contribution in [2.45, 2.75) is 51.4 Å². The van der Waals surface area contributed by atoms with Crippen molar-refractivity contribution in [3.8, 4) is 89.0 Å². The third-order valence-corrected chi connectivity index (χ3v) is 32.0. The van der Waals surface area contributed by atoms with E-state index in [0.717, 1.165) is 178 Å². The minimum Gasteiger partial charge on any atom is -0.291 e. The third-order valence-electron chi connectivity index (χ3n) is 32.0. The summed E-state index contributed by atoms with van der Waals surface area (Å²) < 4.78 is 9.06. The molecule has 0 amide bonds. The van der Waals surface area contributed by atoms with Crippen LogP contribution in [0.3, 0.4) is 0 Å². The Morgan fingerprint density at radius 3 is 0.871 bits per heavy atom. The zero-order valence-electron chi connectivity index (χ0n) is 75.1. The van der Waals surface area contributed by atoms with Crippen LogP contribution in [0.1, 0.15) is 89.0 Å². The van der Waals surface area contributed by atoms with E-state index in [0.29, 0.717) is 0 Å². The lowest BCUT2D eigenvalue weighted by Crippen LogP contribution is -1.94. The highest BCUT2D eigenvalue weighted by molar-refractivity contribution is 6.21. The Hall–Kier alpha value is -18.3. The van der Waals surface area contributed by atoms with Crippen molar-refractivity contribution in [1.29, 1.82) is 0 Å². The van der Waals surface area contributed by atoms with Gasteiger partial charge in [-0.3, -0.25) is 57.5 Å². The van der Waals surface area contributed by atoms with Gasteiger partial charge in [0.15, 0.2) is 0 Å². The Balaban J connectivity index is 0.0000000829. The van der Waals surface area contributed by atoms with Crippen LogP contribution in [0.5, 0.6) is 0 Å².